The topological polar surface area (TPSA) is 72.6 Å². The van der Waals surface area contributed by atoms with Gasteiger partial charge >= 0.3 is 0 Å². The number of benzene rings is 2. The van der Waals surface area contributed by atoms with E-state index in [9.17, 15) is 9.59 Å². The van der Waals surface area contributed by atoms with E-state index in [-0.39, 0.29) is 18.9 Å². The van der Waals surface area contributed by atoms with E-state index in [1.807, 2.05) is 48.5 Å². The molecule has 0 radical (unpaired) electrons. The minimum atomic E-state index is -0.649. The highest BCUT2D eigenvalue weighted by atomic mass is 16.5. The van der Waals surface area contributed by atoms with E-state index in [0.717, 1.165) is 5.56 Å². The van der Waals surface area contributed by atoms with Crippen molar-refractivity contribution in [3.63, 3.8) is 0 Å². The molecule has 0 aromatic heterocycles. The van der Waals surface area contributed by atoms with Crippen molar-refractivity contribution in [2.75, 3.05) is 6.54 Å². The van der Waals surface area contributed by atoms with Gasteiger partial charge in [-0.1, -0.05) is 48.5 Å². The molecule has 24 heavy (non-hydrogen) atoms. The Morgan fingerprint density at radius 2 is 1.62 bits per heavy atom. The second-order valence-electron chi connectivity index (χ2n) is 5.53. The summed E-state index contributed by atoms with van der Waals surface area (Å²) in [6, 6.07) is 18.8. The van der Waals surface area contributed by atoms with E-state index < -0.39 is 12.0 Å². The van der Waals surface area contributed by atoms with Gasteiger partial charge in [0.2, 0.25) is 5.91 Å². The predicted octanol–water partition coefficient (Wildman–Crippen LogP) is 2.36. The Labute approximate surface area is 142 Å². The normalized spacial score (nSPS) is 11.5. The first-order valence-electron chi connectivity index (χ1n) is 7.89. The predicted molar refractivity (Wildman–Crippen MR) is 92.2 cm³/mol. The molecule has 2 aromatic carbocycles. The van der Waals surface area contributed by atoms with Crippen molar-refractivity contribution in [1.29, 1.82) is 0 Å². The number of primary amides is 1. The number of ether oxygens (including phenoxy) is 1. The Hall–Kier alpha value is -2.82. The fraction of sp³-hybridized carbons (Fsp3) is 0.263. The van der Waals surface area contributed by atoms with Crippen LogP contribution in [0.3, 0.4) is 0 Å². The van der Waals surface area contributed by atoms with Crippen molar-refractivity contribution < 1.29 is 14.3 Å². The molecule has 0 aliphatic rings. The van der Waals surface area contributed by atoms with E-state index in [1.54, 1.807) is 24.0 Å². The van der Waals surface area contributed by atoms with E-state index in [0.29, 0.717) is 12.3 Å². The first kappa shape index (κ1) is 17.5. The SMILES string of the molecule is CC(Oc1ccccc1)C(=O)N(CCC(N)=O)Cc1ccccc1. The number of nitrogens with zero attached hydrogens (tertiary/aromatic N) is 1. The van der Waals surface area contributed by atoms with Crippen LogP contribution in [0.5, 0.6) is 5.75 Å². The van der Waals surface area contributed by atoms with Crippen LogP contribution in [-0.4, -0.2) is 29.4 Å². The molecule has 0 spiro atoms. The monoisotopic (exact) mass is 326 g/mol. The summed E-state index contributed by atoms with van der Waals surface area (Å²) < 4.78 is 5.69. The highest BCUT2D eigenvalue weighted by Gasteiger charge is 2.22. The maximum absolute atomic E-state index is 12.7. The van der Waals surface area contributed by atoms with E-state index >= 15 is 0 Å². The number of rotatable bonds is 8. The Bertz CT molecular complexity index is 659. The smallest absolute Gasteiger partial charge is 0.263 e. The summed E-state index contributed by atoms with van der Waals surface area (Å²) in [5.41, 5.74) is 6.21. The summed E-state index contributed by atoms with van der Waals surface area (Å²) in [5, 5.41) is 0. The van der Waals surface area contributed by atoms with Crippen LogP contribution in [0.2, 0.25) is 0 Å². The zero-order valence-corrected chi connectivity index (χ0v) is 13.7. The molecular formula is C19H22N2O3. The van der Waals surface area contributed by atoms with Gasteiger partial charge in [0.25, 0.3) is 5.91 Å². The molecule has 2 rings (SSSR count). The number of amides is 2. The standard InChI is InChI=1S/C19H22N2O3/c1-15(24-17-10-6-3-7-11-17)19(23)21(13-12-18(20)22)14-16-8-4-2-5-9-16/h2-11,15H,12-14H2,1H3,(H2,20,22). The minimum Gasteiger partial charge on any atom is -0.481 e. The second-order valence-corrected chi connectivity index (χ2v) is 5.53. The molecule has 5 heteroatoms. The molecule has 0 fully saturated rings. The lowest BCUT2D eigenvalue weighted by atomic mass is 10.2. The van der Waals surface area contributed by atoms with Crippen molar-refractivity contribution in [2.45, 2.75) is 26.0 Å². The van der Waals surface area contributed by atoms with Crippen LogP contribution in [0, 0.1) is 0 Å². The van der Waals surface area contributed by atoms with Gasteiger partial charge in [-0.05, 0) is 24.6 Å². The van der Waals surface area contributed by atoms with Crippen molar-refractivity contribution in [3.05, 3.63) is 66.2 Å². The molecule has 2 amide bonds. The van der Waals surface area contributed by atoms with E-state index in [1.165, 1.54) is 0 Å². The van der Waals surface area contributed by atoms with Crippen molar-refractivity contribution in [2.24, 2.45) is 5.73 Å². The molecule has 0 aliphatic carbocycles. The van der Waals surface area contributed by atoms with Gasteiger partial charge in [-0.3, -0.25) is 9.59 Å². The first-order valence-corrected chi connectivity index (χ1v) is 7.89. The highest BCUT2D eigenvalue weighted by Crippen LogP contribution is 2.14. The summed E-state index contributed by atoms with van der Waals surface area (Å²) in [6.45, 7) is 2.39. The van der Waals surface area contributed by atoms with Crippen molar-refractivity contribution >= 4 is 11.8 Å². The molecule has 2 aromatic rings. The van der Waals surface area contributed by atoms with E-state index in [4.69, 9.17) is 10.5 Å². The Morgan fingerprint density at radius 3 is 2.21 bits per heavy atom. The summed E-state index contributed by atoms with van der Waals surface area (Å²) in [7, 11) is 0. The fourth-order valence-corrected chi connectivity index (χ4v) is 2.33. The Morgan fingerprint density at radius 1 is 1.04 bits per heavy atom. The Balaban J connectivity index is 2.06. The Kier molecular flexibility index (Phi) is 6.37. The number of para-hydroxylation sites is 1. The quantitative estimate of drug-likeness (QED) is 0.809. The van der Waals surface area contributed by atoms with Gasteiger partial charge < -0.3 is 15.4 Å². The molecular weight excluding hydrogens is 304 g/mol. The molecule has 126 valence electrons. The molecule has 0 aliphatic heterocycles. The van der Waals surface area contributed by atoms with E-state index in [2.05, 4.69) is 0 Å². The largest absolute Gasteiger partial charge is 0.481 e. The average Bonchev–Trinajstić information content (AvgIpc) is 2.59. The lowest BCUT2D eigenvalue weighted by Gasteiger charge is -2.26. The molecule has 0 heterocycles. The van der Waals surface area contributed by atoms with Gasteiger partial charge in [0.05, 0.1) is 0 Å². The number of carbonyl (C=O) groups is 2. The number of nitrogens with two attached hydrogens (primary N) is 1. The summed E-state index contributed by atoms with van der Waals surface area (Å²) >= 11 is 0. The number of carbonyl (C=O) groups excluding carboxylic acids is 2. The summed E-state index contributed by atoms with van der Waals surface area (Å²) in [6.07, 6.45) is -0.527. The highest BCUT2D eigenvalue weighted by molar-refractivity contribution is 5.82. The van der Waals surface area contributed by atoms with Crippen LogP contribution in [0.1, 0.15) is 18.9 Å². The molecule has 0 bridgehead atoms. The lowest BCUT2D eigenvalue weighted by Crippen LogP contribution is -2.41. The van der Waals surface area contributed by atoms with Gasteiger partial charge in [-0.2, -0.15) is 0 Å². The average molecular weight is 326 g/mol. The van der Waals surface area contributed by atoms with Crippen molar-refractivity contribution in [3.8, 4) is 5.75 Å². The zero-order chi connectivity index (χ0) is 17.4. The van der Waals surface area contributed by atoms with Gasteiger partial charge in [0.1, 0.15) is 5.75 Å². The van der Waals surface area contributed by atoms with Crippen LogP contribution in [0.25, 0.3) is 0 Å². The molecule has 1 atom stereocenters. The number of hydrogen-bond acceptors (Lipinski definition) is 3. The second kappa shape index (κ2) is 8.72. The maximum Gasteiger partial charge on any atom is 0.263 e. The molecule has 0 saturated heterocycles. The summed E-state index contributed by atoms with van der Waals surface area (Å²) in [4.78, 5) is 25.4. The van der Waals surface area contributed by atoms with Crippen LogP contribution in [0.15, 0.2) is 60.7 Å². The third-order valence-electron chi connectivity index (χ3n) is 3.56. The first-order chi connectivity index (χ1) is 11.6. The molecule has 2 N–H and O–H groups in total. The van der Waals surface area contributed by atoms with Gasteiger partial charge in [0, 0.05) is 19.5 Å². The molecule has 0 saturated carbocycles. The lowest BCUT2D eigenvalue weighted by molar-refractivity contribution is -0.139. The van der Waals surface area contributed by atoms with Gasteiger partial charge in [0.15, 0.2) is 6.10 Å². The minimum absolute atomic E-state index is 0.122. The number of hydrogen-bond donors (Lipinski definition) is 1. The van der Waals surface area contributed by atoms with Crippen molar-refractivity contribution in [1.82, 2.24) is 4.90 Å². The van der Waals surface area contributed by atoms with Crippen LogP contribution >= 0.6 is 0 Å². The van der Waals surface area contributed by atoms with Crippen LogP contribution in [0.4, 0.5) is 0 Å². The molecule has 5 nitrogen and oxygen atoms in total. The third kappa shape index (κ3) is 5.43. The van der Waals surface area contributed by atoms with Crippen LogP contribution in [-0.2, 0) is 16.1 Å². The van der Waals surface area contributed by atoms with Gasteiger partial charge in [-0.15, -0.1) is 0 Å². The maximum atomic E-state index is 12.7. The fourth-order valence-electron chi connectivity index (χ4n) is 2.33. The zero-order valence-electron chi connectivity index (χ0n) is 13.7. The molecule has 1 unspecified atom stereocenters. The summed E-state index contributed by atoms with van der Waals surface area (Å²) in [5.74, 6) is 0.0226. The van der Waals surface area contributed by atoms with Gasteiger partial charge in [-0.25, -0.2) is 0 Å². The van der Waals surface area contributed by atoms with Crippen LogP contribution < -0.4 is 10.5 Å². The third-order valence-corrected chi connectivity index (χ3v) is 3.56.